The molecule has 3 aromatic rings. The number of nitrogens with two attached hydrogens (primary N) is 1. The summed E-state index contributed by atoms with van der Waals surface area (Å²) in [5.74, 6) is 1.50. The van der Waals surface area contributed by atoms with Crippen LogP contribution >= 0.6 is 0 Å². The van der Waals surface area contributed by atoms with Gasteiger partial charge in [0.05, 0.1) is 22.7 Å². The number of nitrogen functional groups attached to an aromatic ring is 1. The predicted octanol–water partition coefficient (Wildman–Crippen LogP) is 4.11. The van der Waals surface area contributed by atoms with Crippen molar-refractivity contribution in [1.82, 2.24) is 19.7 Å². The smallest absolute Gasteiger partial charge is 0.157 e. The fourth-order valence-electron chi connectivity index (χ4n) is 3.55. The number of aryl methyl sites for hydroxylation is 1. The number of aromatic nitrogens is 4. The van der Waals surface area contributed by atoms with Gasteiger partial charge in [0, 0.05) is 29.9 Å². The van der Waals surface area contributed by atoms with Gasteiger partial charge in [0.25, 0.3) is 0 Å². The van der Waals surface area contributed by atoms with Crippen molar-refractivity contribution in [2.75, 3.05) is 17.6 Å². The van der Waals surface area contributed by atoms with Crippen molar-refractivity contribution in [2.24, 2.45) is 5.92 Å². The van der Waals surface area contributed by atoms with E-state index in [4.69, 9.17) is 11.1 Å². The first-order valence-corrected chi connectivity index (χ1v) is 10.7. The van der Waals surface area contributed by atoms with E-state index in [0.29, 0.717) is 51.4 Å². The molecule has 4 rings (SSSR count). The third-order valence-corrected chi connectivity index (χ3v) is 5.62. The van der Waals surface area contributed by atoms with Crippen molar-refractivity contribution in [1.29, 1.82) is 5.41 Å². The van der Waals surface area contributed by atoms with Gasteiger partial charge in [-0.2, -0.15) is 5.10 Å². The number of carbonyl (C=O) groups is 1. The lowest BCUT2D eigenvalue weighted by molar-refractivity contribution is 0.112. The summed E-state index contributed by atoms with van der Waals surface area (Å²) in [7, 11) is 0. The Morgan fingerprint density at radius 2 is 2.03 bits per heavy atom. The number of H-pyrrole nitrogens is 1. The minimum absolute atomic E-state index is 0.192. The number of aromatic amines is 1. The van der Waals surface area contributed by atoms with Crippen molar-refractivity contribution < 1.29 is 9.18 Å². The second kappa shape index (κ2) is 9.23. The molecule has 0 aliphatic heterocycles. The summed E-state index contributed by atoms with van der Waals surface area (Å²) in [4.78, 5) is 19.1. The summed E-state index contributed by atoms with van der Waals surface area (Å²) in [6.45, 7) is 4.29. The van der Waals surface area contributed by atoms with Crippen LogP contribution in [0.15, 0.2) is 42.6 Å². The van der Waals surface area contributed by atoms with E-state index in [1.165, 1.54) is 12.1 Å². The number of carbonyl (C=O) groups excluding carboxylic acids is 1. The first kappa shape index (κ1) is 22.2. The maximum Gasteiger partial charge on any atom is 0.157 e. The van der Waals surface area contributed by atoms with Gasteiger partial charge < -0.3 is 16.0 Å². The molecule has 2 heterocycles. The number of anilines is 2. The van der Waals surface area contributed by atoms with Crippen LogP contribution in [-0.2, 0) is 0 Å². The standard InChI is InChI=1S/C24H26FN7O/c1-14-20(13-33)15(2)32(31-14)22-11-21(26)30-24(29-12-16-3-4-16)19(9-10-28-22)23(27)17-5-7-18(25)8-6-17/h5-11,13,16,27,29-30H,3-4,12,26H2,1-2H3. The largest absolute Gasteiger partial charge is 0.385 e. The summed E-state index contributed by atoms with van der Waals surface area (Å²) in [5, 5.41) is 16.6. The molecule has 170 valence electrons. The second-order valence-electron chi connectivity index (χ2n) is 8.14. The molecule has 2 aromatic heterocycles. The number of rotatable bonds is 7. The first-order chi connectivity index (χ1) is 15.9. The van der Waals surface area contributed by atoms with Crippen molar-refractivity contribution in [3.8, 4) is 5.82 Å². The number of nitrogens with one attached hydrogen (secondary N) is 3. The van der Waals surface area contributed by atoms with Crippen LogP contribution in [0.25, 0.3) is 5.82 Å². The molecule has 0 saturated heterocycles. The summed E-state index contributed by atoms with van der Waals surface area (Å²) in [5.41, 5.74) is 9.33. The number of aldehydes is 1. The lowest BCUT2D eigenvalue weighted by Crippen LogP contribution is -2.11. The van der Waals surface area contributed by atoms with Crippen LogP contribution in [0.4, 0.5) is 16.0 Å². The van der Waals surface area contributed by atoms with Gasteiger partial charge >= 0.3 is 0 Å². The van der Waals surface area contributed by atoms with Gasteiger partial charge in [0.1, 0.15) is 17.5 Å². The van der Waals surface area contributed by atoms with E-state index in [2.05, 4.69) is 20.4 Å². The highest BCUT2D eigenvalue weighted by Crippen LogP contribution is 2.29. The number of hydrogen-bond acceptors (Lipinski definition) is 6. The van der Waals surface area contributed by atoms with Crippen LogP contribution in [0.1, 0.15) is 45.7 Å². The summed E-state index contributed by atoms with van der Waals surface area (Å²) >= 11 is 0. The van der Waals surface area contributed by atoms with Gasteiger partial charge in [-0.05, 0) is 62.9 Å². The SMILES string of the molecule is Cc1nn(-c2cc(N)[nH]c(NCC3CC3)c(C(=N)c3ccc(F)cc3)ccn2)c(C)c1C=O. The van der Waals surface area contributed by atoms with Crippen molar-refractivity contribution >= 4 is 23.6 Å². The Hall–Kier alpha value is -4.01. The minimum Gasteiger partial charge on any atom is -0.385 e. The Labute approximate surface area is 190 Å². The molecule has 8 nitrogen and oxygen atoms in total. The molecule has 0 radical (unpaired) electrons. The number of benzene rings is 1. The van der Waals surface area contributed by atoms with E-state index >= 15 is 0 Å². The Morgan fingerprint density at radius 3 is 2.67 bits per heavy atom. The third-order valence-electron chi connectivity index (χ3n) is 5.62. The fourth-order valence-corrected chi connectivity index (χ4v) is 3.55. The molecular weight excluding hydrogens is 421 g/mol. The zero-order valence-electron chi connectivity index (χ0n) is 18.5. The van der Waals surface area contributed by atoms with Gasteiger partial charge in [-0.25, -0.2) is 14.1 Å². The molecule has 1 saturated carbocycles. The van der Waals surface area contributed by atoms with Crippen molar-refractivity contribution in [3.05, 3.63) is 76.5 Å². The van der Waals surface area contributed by atoms with Crippen LogP contribution in [0, 0.1) is 31.0 Å². The predicted molar refractivity (Wildman–Crippen MR) is 126 cm³/mol. The molecule has 9 heteroatoms. The molecule has 0 bridgehead atoms. The van der Waals surface area contributed by atoms with E-state index in [1.54, 1.807) is 49.0 Å². The van der Waals surface area contributed by atoms with Crippen LogP contribution in [-0.4, -0.2) is 38.3 Å². The summed E-state index contributed by atoms with van der Waals surface area (Å²) in [6.07, 6.45) is 4.66. The van der Waals surface area contributed by atoms with E-state index in [1.807, 2.05) is 0 Å². The maximum absolute atomic E-state index is 13.4. The monoisotopic (exact) mass is 447 g/mol. The maximum atomic E-state index is 13.4. The van der Waals surface area contributed by atoms with E-state index < -0.39 is 0 Å². The van der Waals surface area contributed by atoms with Crippen LogP contribution in [0.5, 0.6) is 0 Å². The van der Waals surface area contributed by atoms with Gasteiger partial charge in [-0.3, -0.25) is 10.2 Å². The van der Waals surface area contributed by atoms with E-state index in [-0.39, 0.29) is 11.5 Å². The number of nitrogens with zero attached hydrogens (tertiary/aromatic N) is 3. The molecule has 0 unspecified atom stereocenters. The van der Waals surface area contributed by atoms with E-state index in [0.717, 1.165) is 25.7 Å². The third kappa shape index (κ3) is 4.92. The summed E-state index contributed by atoms with van der Waals surface area (Å²) < 4.78 is 15.0. The quantitative estimate of drug-likeness (QED) is 0.320. The normalized spacial score (nSPS) is 12.8. The Balaban J connectivity index is 1.85. The van der Waals surface area contributed by atoms with Crippen LogP contribution < -0.4 is 11.1 Å². The zero-order valence-corrected chi connectivity index (χ0v) is 18.5. The highest BCUT2D eigenvalue weighted by atomic mass is 19.1. The topological polar surface area (TPSA) is 125 Å². The average molecular weight is 448 g/mol. The molecule has 1 aliphatic rings. The van der Waals surface area contributed by atoms with Crippen molar-refractivity contribution in [2.45, 2.75) is 26.7 Å². The van der Waals surface area contributed by atoms with Gasteiger partial charge in [-0.15, -0.1) is 0 Å². The number of hydrogen-bond donors (Lipinski definition) is 4. The average Bonchev–Trinajstić information content (AvgIpc) is 3.56. The van der Waals surface area contributed by atoms with Gasteiger partial charge in [0.15, 0.2) is 12.1 Å². The minimum atomic E-state index is -0.364. The highest BCUT2D eigenvalue weighted by Gasteiger charge is 2.21. The second-order valence-corrected chi connectivity index (χ2v) is 8.14. The molecule has 1 fully saturated rings. The number of halogens is 1. The van der Waals surface area contributed by atoms with Gasteiger partial charge in [-0.1, -0.05) is 0 Å². The molecule has 33 heavy (non-hydrogen) atoms. The van der Waals surface area contributed by atoms with Crippen molar-refractivity contribution in [3.63, 3.8) is 0 Å². The molecule has 1 aromatic carbocycles. The molecule has 5 N–H and O–H groups in total. The lowest BCUT2D eigenvalue weighted by atomic mass is 10.0. The first-order valence-electron chi connectivity index (χ1n) is 10.7. The van der Waals surface area contributed by atoms with Gasteiger partial charge in [0.2, 0.25) is 0 Å². The van der Waals surface area contributed by atoms with Crippen LogP contribution in [0.3, 0.4) is 0 Å². The Bertz CT molecular complexity index is 1250. The molecule has 1 aliphatic carbocycles. The zero-order chi connectivity index (χ0) is 23.5. The molecular formula is C24H26FN7O. The molecule has 0 spiro atoms. The molecule has 0 atom stereocenters. The Kier molecular flexibility index (Phi) is 6.21. The summed E-state index contributed by atoms with van der Waals surface area (Å²) in [6, 6.07) is 9.11. The molecule has 0 amide bonds. The lowest BCUT2D eigenvalue weighted by Gasteiger charge is -2.12. The fraction of sp³-hybridized carbons (Fsp3) is 0.250. The van der Waals surface area contributed by atoms with E-state index in [9.17, 15) is 9.18 Å². The highest BCUT2D eigenvalue weighted by molar-refractivity contribution is 6.13. The van der Waals surface area contributed by atoms with Crippen LogP contribution in [0.2, 0.25) is 0 Å². The Morgan fingerprint density at radius 1 is 1.30 bits per heavy atom.